The van der Waals surface area contributed by atoms with Crippen LogP contribution in [0.3, 0.4) is 0 Å². The maximum atomic E-state index is 6.08. The Morgan fingerprint density at radius 2 is 1.91 bits per heavy atom. The third-order valence-electron chi connectivity index (χ3n) is 4.92. The fourth-order valence-electron chi connectivity index (χ4n) is 3.52. The Kier molecular flexibility index (Phi) is 4.93. The number of piperazine rings is 1. The molecule has 3 rings (SSSR count). The molecule has 0 N–H and O–H groups in total. The number of benzene rings is 1. The molecule has 1 aromatic rings. The Bertz CT molecular complexity index is 518. The predicted molar refractivity (Wildman–Crippen MR) is 94.3 cm³/mol. The third kappa shape index (κ3) is 3.56. The highest BCUT2D eigenvalue weighted by Crippen LogP contribution is 2.32. The lowest BCUT2D eigenvalue weighted by Crippen LogP contribution is -2.54. The van der Waals surface area contributed by atoms with Crippen LogP contribution >= 0.6 is 15.9 Å². The minimum Gasteiger partial charge on any atom is -0.372 e. The van der Waals surface area contributed by atoms with Crippen molar-refractivity contribution in [1.29, 1.82) is 0 Å². The molecule has 3 nitrogen and oxygen atoms in total. The molecule has 2 aliphatic rings. The largest absolute Gasteiger partial charge is 0.372 e. The van der Waals surface area contributed by atoms with Crippen LogP contribution in [0.4, 0.5) is 0 Å². The Morgan fingerprint density at radius 3 is 2.59 bits per heavy atom. The van der Waals surface area contributed by atoms with Crippen molar-refractivity contribution in [3.8, 4) is 0 Å². The number of nitrogens with zero attached hydrogens (tertiary/aromatic N) is 2. The van der Waals surface area contributed by atoms with Gasteiger partial charge >= 0.3 is 0 Å². The topological polar surface area (TPSA) is 15.7 Å². The Labute approximate surface area is 142 Å². The molecule has 2 heterocycles. The van der Waals surface area contributed by atoms with Crippen LogP contribution in [-0.2, 0) is 11.2 Å². The van der Waals surface area contributed by atoms with Crippen LogP contribution in [0, 0.1) is 0 Å². The second-order valence-electron chi connectivity index (χ2n) is 7.38. The normalized spacial score (nSPS) is 24.3. The van der Waals surface area contributed by atoms with E-state index in [2.05, 4.69) is 64.7 Å². The summed E-state index contributed by atoms with van der Waals surface area (Å²) < 4.78 is 7.31. The molecule has 0 saturated carbocycles. The fourth-order valence-corrected chi connectivity index (χ4v) is 4.10. The predicted octanol–water partition coefficient (Wildman–Crippen LogP) is 3.48. The van der Waals surface area contributed by atoms with Crippen LogP contribution in [-0.4, -0.2) is 54.7 Å². The van der Waals surface area contributed by atoms with Gasteiger partial charge in [-0.2, -0.15) is 0 Å². The van der Waals surface area contributed by atoms with Crippen LogP contribution in [0.25, 0.3) is 0 Å². The number of fused-ring (bicyclic) bond motifs is 1. The second kappa shape index (κ2) is 6.60. The van der Waals surface area contributed by atoms with E-state index in [1.54, 1.807) is 0 Å². The minimum atomic E-state index is 0.224. The van der Waals surface area contributed by atoms with Crippen molar-refractivity contribution in [2.75, 3.05) is 39.3 Å². The van der Waals surface area contributed by atoms with Crippen molar-refractivity contribution < 1.29 is 4.74 Å². The smallest absolute Gasteiger partial charge is 0.0954 e. The molecular formula is C18H27BrN2O. The molecule has 1 unspecified atom stereocenters. The maximum absolute atomic E-state index is 6.08. The van der Waals surface area contributed by atoms with Gasteiger partial charge in [0.2, 0.25) is 0 Å². The molecule has 0 spiro atoms. The molecule has 1 aromatic carbocycles. The number of halogens is 1. The Balaban J connectivity index is 1.63. The van der Waals surface area contributed by atoms with E-state index in [0.29, 0.717) is 0 Å². The first-order valence-corrected chi connectivity index (χ1v) is 9.11. The quantitative estimate of drug-likeness (QED) is 0.796. The van der Waals surface area contributed by atoms with E-state index in [9.17, 15) is 0 Å². The highest BCUT2D eigenvalue weighted by Gasteiger charge is 2.29. The Morgan fingerprint density at radius 1 is 1.18 bits per heavy atom. The Hall–Kier alpha value is -0.420. The van der Waals surface area contributed by atoms with Crippen LogP contribution in [0.15, 0.2) is 22.7 Å². The fraction of sp³-hybridized carbons (Fsp3) is 0.667. The lowest BCUT2D eigenvalue weighted by molar-refractivity contribution is -0.00590. The van der Waals surface area contributed by atoms with Crippen LogP contribution in [0.2, 0.25) is 0 Å². The first kappa shape index (κ1) is 16.4. The molecule has 1 saturated heterocycles. The van der Waals surface area contributed by atoms with E-state index in [1.165, 1.54) is 15.6 Å². The van der Waals surface area contributed by atoms with Crippen molar-refractivity contribution in [3.63, 3.8) is 0 Å². The number of hydrogen-bond donors (Lipinski definition) is 0. The lowest BCUT2D eigenvalue weighted by atomic mass is 9.97. The standard InChI is InChI=1S/C18H27BrN2O/c1-18(2,3)21-10-8-20(9-11-21)13-17-15-5-4-6-16(19)14(15)7-12-22-17/h4-6,17H,7-13H2,1-3H3. The van der Waals surface area contributed by atoms with E-state index >= 15 is 0 Å². The lowest BCUT2D eigenvalue weighted by Gasteiger charge is -2.43. The first-order chi connectivity index (χ1) is 10.4. The minimum absolute atomic E-state index is 0.224. The van der Waals surface area contributed by atoms with E-state index in [4.69, 9.17) is 4.74 Å². The number of hydrogen-bond acceptors (Lipinski definition) is 3. The van der Waals surface area contributed by atoms with Gasteiger partial charge in [-0.3, -0.25) is 9.80 Å². The zero-order valence-corrected chi connectivity index (χ0v) is 15.5. The van der Waals surface area contributed by atoms with Gasteiger partial charge in [0, 0.05) is 42.7 Å². The van der Waals surface area contributed by atoms with Gasteiger partial charge in [0.1, 0.15) is 0 Å². The molecule has 0 radical (unpaired) electrons. The van der Waals surface area contributed by atoms with Gasteiger partial charge in [-0.1, -0.05) is 28.1 Å². The zero-order valence-electron chi connectivity index (χ0n) is 13.9. The summed E-state index contributed by atoms with van der Waals surface area (Å²) in [7, 11) is 0. The van der Waals surface area contributed by atoms with E-state index < -0.39 is 0 Å². The summed E-state index contributed by atoms with van der Waals surface area (Å²) in [4.78, 5) is 5.14. The van der Waals surface area contributed by atoms with Crippen molar-refractivity contribution in [2.24, 2.45) is 0 Å². The van der Waals surface area contributed by atoms with E-state index in [1.807, 2.05) is 0 Å². The van der Waals surface area contributed by atoms with Crippen molar-refractivity contribution in [2.45, 2.75) is 38.8 Å². The molecule has 0 aromatic heterocycles. The second-order valence-corrected chi connectivity index (χ2v) is 8.23. The van der Waals surface area contributed by atoms with Gasteiger partial charge in [-0.25, -0.2) is 0 Å². The summed E-state index contributed by atoms with van der Waals surface area (Å²) in [6.07, 6.45) is 1.24. The molecule has 4 heteroatoms. The van der Waals surface area contributed by atoms with E-state index in [0.717, 1.165) is 45.8 Å². The van der Waals surface area contributed by atoms with Crippen molar-refractivity contribution >= 4 is 15.9 Å². The molecule has 0 amide bonds. The van der Waals surface area contributed by atoms with Gasteiger partial charge < -0.3 is 4.74 Å². The summed E-state index contributed by atoms with van der Waals surface area (Å²) in [5.41, 5.74) is 3.09. The van der Waals surface area contributed by atoms with Crippen LogP contribution in [0.5, 0.6) is 0 Å². The summed E-state index contributed by atoms with van der Waals surface area (Å²) in [5, 5.41) is 0. The molecule has 0 bridgehead atoms. The average molecular weight is 367 g/mol. The summed E-state index contributed by atoms with van der Waals surface area (Å²) in [5.74, 6) is 0. The van der Waals surface area contributed by atoms with Gasteiger partial charge in [0.25, 0.3) is 0 Å². The molecule has 1 fully saturated rings. The van der Waals surface area contributed by atoms with Gasteiger partial charge in [-0.05, 0) is 44.4 Å². The van der Waals surface area contributed by atoms with Crippen molar-refractivity contribution in [3.05, 3.63) is 33.8 Å². The maximum Gasteiger partial charge on any atom is 0.0954 e. The zero-order chi connectivity index (χ0) is 15.7. The van der Waals surface area contributed by atoms with Crippen LogP contribution < -0.4 is 0 Å². The van der Waals surface area contributed by atoms with E-state index in [-0.39, 0.29) is 11.6 Å². The van der Waals surface area contributed by atoms with Crippen LogP contribution in [0.1, 0.15) is 38.0 Å². The van der Waals surface area contributed by atoms with Crippen molar-refractivity contribution in [1.82, 2.24) is 9.80 Å². The highest BCUT2D eigenvalue weighted by molar-refractivity contribution is 9.10. The summed E-state index contributed by atoms with van der Waals surface area (Å²) >= 11 is 3.69. The SMILES string of the molecule is CC(C)(C)N1CCN(CC2OCCc3c(Br)cccc32)CC1. The molecule has 1 atom stereocenters. The molecule has 2 aliphatic heterocycles. The molecule has 0 aliphatic carbocycles. The monoisotopic (exact) mass is 366 g/mol. The molecule has 22 heavy (non-hydrogen) atoms. The summed E-state index contributed by atoms with van der Waals surface area (Å²) in [6.45, 7) is 13.4. The highest BCUT2D eigenvalue weighted by atomic mass is 79.9. The molecule has 122 valence electrons. The van der Waals surface area contributed by atoms with Gasteiger partial charge in [0.05, 0.1) is 12.7 Å². The number of ether oxygens (including phenoxy) is 1. The third-order valence-corrected chi connectivity index (χ3v) is 5.66. The average Bonchev–Trinajstić information content (AvgIpc) is 2.48. The summed E-state index contributed by atoms with van der Waals surface area (Å²) in [6, 6.07) is 6.50. The first-order valence-electron chi connectivity index (χ1n) is 8.31. The number of rotatable bonds is 2. The van der Waals surface area contributed by atoms with Gasteiger partial charge in [0.15, 0.2) is 0 Å². The van der Waals surface area contributed by atoms with Gasteiger partial charge in [-0.15, -0.1) is 0 Å². The molecular weight excluding hydrogens is 340 g/mol.